The molecular weight excluding hydrogens is 559 g/mol. The van der Waals surface area contributed by atoms with Gasteiger partial charge in [0, 0.05) is 11.8 Å². The van der Waals surface area contributed by atoms with Crippen LogP contribution in [0.4, 0.5) is 9.18 Å². The molecule has 1 heterocycles. The number of nitrogens with two attached hydrogens (primary N) is 1. The van der Waals surface area contributed by atoms with E-state index in [2.05, 4.69) is 15.5 Å². The molecule has 0 fully saturated rings. The van der Waals surface area contributed by atoms with E-state index in [0.717, 1.165) is 6.07 Å². The summed E-state index contributed by atoms with van der Waals surface area (Å²) in [6.07, 6.45) is -0.300. The lowest BCUT2D eigenvalue weighted by molar-refractivity contribution is -0.153. The number of amides is 1. The van der Waals surface area contributed by atoms with E-state index in [4.69, 9.17) is 36.4 Å². The summed E-state index contributed by atoms with van der Waals surface area (Å²) < 4.78 is 29.7. The highest BCUT2D eigenvalue weighted by molar-refractivity contribution is 6.30. The third kappa shape index (κ3) is 10.4. The van der Waals surface area contributed by atoms with Crippen LogP contribution in [0.25, 0.3) is 0 Å². The minimum absolute atomic E-state index is 0.0766. The standard InChI is InChI=1S/C28H28ClFN4O7/c1-28(2,3)40-27(37)33-22(26(36)38-16-17-7-5-4-6-8-17)14-23(35)41-34-24(31)18-9-11-20(12-10-18)39-25-21(30)13-19(29)15-32-25/h4-13,15,22H,14,16H2,1-3H3,(H2,31,34)(H,33,37)/t22-/m1/s1. The van der Waals surface area contributed by atoms with Gasteiger partial charge in [0.15, 0.2) is 11.7 Å². The van der Waals surface area contributed by atoms with Crippen molar-refractivity contribution in [3.05, 3.63) is 88.8 Å². The summed E-state index contributed by atoms with van der Waals surface area (Å²) in [7, 11) is 0. The number of rotatable bonds is 10. The largest absolute Gasteiger partial charge is 0.459 e. The molecule has 0 aliphatic heterocycles. The van der Waals surface area contributed by atoms with E-state index < -0.39 is 41.9 Å². The number of nitrogens with zero attached hydrogens (tertiary/aromatic N) is 2. The van der Waals surface area contributed by atoms with Crippen molar-refractivity contribution in [2.75, 3.05) is 0 Å². The van der Waals surface area contributed by atoms with E-state index in [1.165, 1.54) is 30.5 Å². The van der Waals surface area contributed by atoms with Crippen molar-refractivity contribution in [2.24, 2.45) is 10.9 Å². The Labute approximate surface area is 240 Å². The molecule has 0 saturated heterocycles. The molecular formula is C28H28ClFN4O7. The molecule has 41 heavy (non-hydrogen) atoms. The van der Waals surface area contributed by atoms with Gasteiger partial charge in [-0.2, -0.15) is 0 Å². The molecule has 0 aliphatic rings. The van der Waals surface area contributed by atoms with Crippen LogP contribution in [0, 0.1) is 5.82 Å². The number of hydrogen-bond donors (Lipinski definition) is 2. The Balaban J connectivity index is 1.61. The molecule has 0 spiro atoms. The summed E-state index contributed by atoms with van der Waals surface area (Å²) in [6.45, 7) is 4.86. The third-order valence-electron chi connectivity index (χ3n) is 4.95. The Morgan fingerprint density at radius 2 is 1.78 bits per heavy atom. The van der Waals surface area contributed by atoms with Crippen LogP contribution in [0.3, 0.4) is 0 Å². The summed E-state index contributed by atoms with van der Waals surface area (Å²) >= 11 is 5.68. The number of oxime groups is 1. The van der Waals surface area contributed by atoms with Gasteiger partial charge in [-0.05, 0) is 56.7 Å². The number of ether oxygens (including phenoxy) is 3. The maximum absolute atomic E-state index is 13.9. The van der Waals surface area contributed by atoms with Crippen LogP contribution in [0.15, 0.2) is 72.0 Å². The van der Waals surface area contributed by atoms with Gasteiger partial charge >= 0.3 is 18.0 Å². The number of esters is 1. The van der Waals surface area contributed by atoms with Gasteiger partial charge in [0.25, 0.3) is 5.88 Å². The molecule has 3 N–H and O–H groups in total. The minimum atomic E-state index is -1.42. The van der Waals surface area contributed by atoms with Crippen molar-refractivity contribution in [1.29, 1.82) is 0 Å². The fourth-order valence-corrected chi connectivity index (χ4v) is 3.26. The molecule has 0 radical (unpaired) electrons. The first-order chi connectivity index (χ1) is 19.4. The van der Waals surface area contributed by atoms with E-state index in [1.54, 1.807) is 45.0 Å². The lowest BCUT2D eigenvalue weighted by Crippen LogP contribution is -2.45. The van der Waals surface area contributed by atoms with Gasteiger partial charge < -0.3 is 30.1 Å². The molecule has 1 amide bonds. The summed E-state index contributed by atoms with van der Waals surface area (Å²) in [6, 6.07) is 14.4. The van der Waals surface area contributed by atoms with Crippen molar-refractivity contribution < 1.29 is 37.8 Å². The second kappa shape index (κ2) is 14.1. The highest BCUT2D eigenvalue weighted by atomic mass is 35.5. The lowest BCUT2D eigenvalue weighted by atomic mass is 10.2. The van der Waals surface area contributed by atoms with Gasteiger partial charge in [0.2, 0.25) is 0 Å². The average Bonchev–Trinajstić information content (AvgIpc) is 2.91. The second-order valence-corrected chi connectivity index (χ2v) is 9.94. The fourth-order valence-electron chi connectivity index (χ4n) is 3.11. The van der Waals surface area contributed by atoms with E-state index in [0.29, 0.717) is 11.1 Å². The van der Waals surface area contributed by atoms with Crippen LogP contribution in [0.2, 0.25) is 5.02 Å². The predicted octanol–water partition coefficient (Wildman–Crippen LogP) is 4.86. The van der Waals surface area contributed by atoms with Crippen molar-refractivity contribution in [3.8, 4) is 11.6 Å². The molecule has 0 aliphatic carbocycles. The Bertz CT molecular complexity index is 1400. The zero-order valence-corrected chi connectivity index (χ0v) is 23.2. The van der Waals surface area contributed by atoms with Gasteiger partial charge in [-0.3, -0.25) is 0 Å². The van der Waals surface area contributed by atoms with Gasteiger partial charge in [-0.25, -0.2) is 23.8 Å². The van der Waals surface area contributed by atoms with E-state index >= 15 is 0 Å². The van der Waals surface area contributed by atoms with E-state index in [9.17, 15) is 18.8 Å². The molecule has 0 saturated carbocycles. The monoisotopic (exact) mass is 586 g/mol. The number of alkyl carbamates (subject to hydrolysis) is 1. The number of aromatic nitrogens is 1. The van der Waals surface area contributed by atoms with Crippen LogP contribution in [0.1, 0.15) is 38.3 Å². The van der Waals surface area contributed by atoms with Gasteiger partial charge in [0.1, 0.15) is 24.0 Å². The number of carbonyl (C=O) groups excluding carboxylic acids is 3. The van der Waals surface area contributed by atoms with E-state index in [-0.39, 0.29) is 29.1 Å². The summed E-state index contributed by atoms with van der Waals surface area (Å²) in [5.74, 6) is -2.79. The van der Waals surface area contributed by atoms with Gasteiger partial charge in [-0.1, -0.05) is 47.1 Å². The van der Waals surface area contributed by atoms with E-state index in [1.807, 2.05) is 6.07 Å². The Morgan fingerprint density at radius 1 is 1.10 bits per heavy atom. The first-order valence-corrected chi connectivity index (χ1v) is 12.6. The second-order valence-electron chi connectivity index (χ2n) is 9.50. The van der Waals surface area contributed by atoms with Gasteiger partial charge in [-0.15, -0.1) is 0 Å². The molecule has 1 atom stereocenters. The van der Waals surface area contributed by atoms with Crippen LogP contribution in [-0.2, 0) is 30.5 Å². The highest BCUT2D eigenvalue weighted by Crippen LogP contribution is 2.24. The Kier molecular flexibility index (Phi) is 10.6. The number of amidine groups is 1. The smallest absolute Gasteiger partial charge is 0.408 e. The maximum Gasteiger partial charge on any atom is 0.408 e. The molecule has 0 unspecified atom stereocenters. The number of benzene rings is 2. The average molecular weight is 587 g/mol. The van der Waals surface area contributed by atoms with Crippen LogP contribution in [0.5, 0.6) is 11.6 Å². The number of halogens is 2. The number of hydrogen-bond acceptors (Lipinski definition) is 9. The van der Waals surface area contributed by atoms with Crippen molar-refractivity contribution in [3.63, 3.8) is 0 Å². The lowest BCUT2D eigenvalue weighted by Gasteiger charge is -2.22. The molecule has 3 aromatic rings. The highest BCUT2D eigenvalue weighted by Gasteiger charge is 2.29. The molecule has 3 rings (SSSR count). The summed E-state index contributed by atoms with van der Waals surface area (Å²) in [5.41, 5.74) is 6.12. The molecule has 0 bridgehead atoms. The molecule has 216 valence electrons. The quantitative estimate of drug-likeness (QED) is 0.112. The Hall–Kier alpha value is -4.71. The molecule has 13 heteroatoms. The number of pyridine rings is 1. The SMILES string of the molecule is CC(C)(C)OC(=O)N[C@H](CC(=O)O/N=C(\N)c1ccc(Oc2ncc(Cl)cc2F)cc1)C(=O)OCc1ccccc1. The van der Waals surface area contributed by atoms with Crippen LogP contribution in [-0.4, -0.2) is 40.5 Å². The first kappa shape index (κ1) is 30.8. The normalized spacial score (nSPS) is 12.2. The van der Waals surface area contributed by atoms with Crippen molar-refractivity contribution >= 4 is 35.5 Å². The first-order valence-electron chi connectivity index (χ1n) is 12.2. The molecule has 11 nitrogen and oxygen atoms in total. The number of nitrogens with one attached hydrogen (secondary N) is 1. The maximum atomic E-state index is 13.9. The topological polar surface area (TPSA) is 151 Å². The summed E-state index contributed by atoms with van der Waals surface area (Å²) in [5, 5.41) is 6.05. The van der Waals surface area contributed by atoms with Crippen molar-refractivity contribution in [2.45, 2.75) is 45.4 Å². The van der Waals surface area contributed by atoms with Crippen LogP contribution < -0.4 is 15.8 Å². The molecule has 1 aromatic heterocycles. The fraction of sp³-hybridized carbons (Fsp3) is 0.250. The van der Waals surface area contributed by atoms with Crippen LogP contribution >= 0.6 is 11.6 Å². The minimum Gasteiger partial charge on any atom is -0.459 e. The third-order valence-corrected chi connectivity index (χ3v) is 5.16. The van der Waals surface area contributed by atoms with Gasteiger partial charge in [0.05, 0.1) is 11.4 Å². The zero-order valence-electron chi connectivity index (χ0n) is 22.4. The number of carbonyl (C=O) groups is 3. The Morgan fingerprint density at radius 3 is 2.41 bits per heavy atom. The molecule has 2 aromatic carbocycles. The van der Waals surface area contributed by atoms with Crippen molar-refractivity contribution in [1.82, 2.24) is 10.3 Å². The predicted molar refractivity (Wildman–Crippen MR) is 147 cm³/mol. The summed E-state index contributed by atoms with van der Waals surface area (Å²) in [4.78, 5) is 46.1. The zero-order chi connectivity index (χ0) is 30.0.